The molecule has 2 aromatic rings. The van der Waals surface area contributed by atoms with Gasteiger partial charge in [0.25, 0.3) is 12.1 Å². The maximum atomic E-state index is 13.1. The van der Waals surface area contributed by atoms with Crippen molar-refractivity contribution in [1.29, 1.82) is 5.41 Å². The van der Waals surface area contributed by atoms with Crippen LogP contribution in [0.25, 0.3) is 0 Å². The van der Waals surface area contributed by atoms with Crippen LogP contribution in [0.4, 0.5) is 5.69 Å². The molecule has 2 aromatic carbocycles. The fourth-order valence-corrected chi connectivity index (χ4v) is 4.18. The molecule has 2 bridgehead atoms. The van der Waals surface area contributed by atoms with Gasteiger partial charge in [0.15, 0.2) is 11.5 Å². The van der Waals surface area contributed by atoms with Crippen molar-refractivity contribution < 1.29 is 28.6 Å². The first-order valence-corrected chi connectivity index (χ1v) is 10.2. The van der Waals surface area contributed by atoms with E-state index in [1.807, 2.05) is 12.1 Å². The number of anilines is 1. The summed E-state index contributed by atoms with van der Waals surface area (Å²) in [5, 5.41) is 10.3. The Morgan fingerprint density at radius 2 is 1.81 bits per heavy atom. The number of ether oxygens (including phenoxy) is 3. The second-order valence-corrected chi connectivity index (χ2v) is 8.02. The fraction of sp³-hybridized carbons (Fsp3) is 0.318. The minimum atomic E-state index is -1.37. The SMILES string of the molecule is N=C(N)c1ccc(NC(=O)C2CC(=O)NOC3(C4Oc5ccccc5O4)C[C@@H]2CO3)cc1. The lowest BCUT2D eigenvalue weighted by Crippen LogP contribution is -2.54. The average Bonchev–Trinajstić information content (AvgIpc) is 3.41. The van der Waals surface area contributed by atoms with Gasteiger partial charge in [-0.05, 0) is 42.3 Å². The standard InChI is InChI=1S/C22H22N4O6/c23-19(24)12-5-7-14(8-6-12)25-20(28)15-9-18(27)26-32-22(10-13(15)11-29-22)21-30-16-3-1-2-4-17(16)31-21/h1-8,13,15,21H,9-11H2,(H3,23,24)(H,25,28)(H,26,27)/t13-,15?,22?/m1/s1. The molecule has 2 saturated heterocycles. The van der Waals surface area contributed by atoms with Crippen LogP contribution in [0.15, 0.2) is 48.5 Å². The minimum Gasteiger partial charge on any atom is -0.446 e. The van der Waals surface area contributed by atoms with Gasteiger partial charge in [-0.25, -0.2) is 10.3 Å². The second kappa shape index (κ2) is 7.81. The number of nitrogen functional groups attached to an aromatic ring is 1. The summed E-state index contributed by atoms with van der Waals surface area (Å²) in [5.41, 5.74) is 8.95. The highest BCUT2D eigenvalue weighted by Crippen LogP contribution is 2.45. The van der Waals surface area contributed by atoms with E-state index in [2.05, 4.69) is 10.8 Å². The molecule has 10 nitrogen and oxygen atoms in total. The predicted molar refractivity (Wildman–Crippen MR) is 112 cm³/mol. The molecular formula is C22H22N4O6. The van der Waals surface area contributed by atoms with E-state index in [0.29, 0.717) is 29.2 Å². The molecule has 2 fully saturated rings. The van der Waals surface area contributed by atoms with Crippen molar-refractivity contribution in [3.63, 3.8) is 0 Å². The lowest BCUT2D eigenvalue weighted by molar-refractivity contribution is -0.308. The zero-order valence-corrected chi connectivity index (χ0v) is 17.0. The quantitative estimate of drug-likeness (QED) is 0.418. The molecule has 3 heterocycles. The van der Waals surface area contributed by atoms with Gasteiger partial charge in [0, 0.05) is 24.1 Å². The zero-order chi connectivity index (χ0) is 22.3. The predicted octanol–water partition coefficient (Wildman–Crippen LogP) is 1.51. The van der Waals surface area contributed by atoms with E-state index in [1.54, 1.807) is 36.4 Å². The Kier molecular flexibility index (Phi) is 4.95. The highest BCUT2D eigenvalue weighted by atomic mass is 16.8. The van der Waals surface area contributed by atoms with Gasteiger partial charge in [0.2, 0.25) is 11.8 Å². The molecule has 2 amide bonds. The third kappa shape index (κ3) is 3.63. The van der Waals surface area contributed by atoms with Gasteiger partial charge < -0.3 is 25.3 Å². The van der Waals surface area contributed by atoms with E-state index >= 15 is 0 Å². The molecule has 10 heteroatoms. The van der Waals surface area contributed by atoms with E-state index in [0.717, 1.165) is 0 Å². The number of fused-ring (bicyclic) bond motifs is 3. The highest BCUT2D eigenvalue weighted by molar-refractivity contribution is 5.97. The molecule has 3 aliphatic rings. The van der Waals surface area contributed by atoms with Gasteiger partial charge in [-0.15, -0.1) is 0 Å². The van der Waals surface area contributed by atoms with E-state index < -0.39 is 23.9 Å². The summed E-state index contributed by atoms with van der Waals surface area (Å²) in [4.78, 5) is 31.1. The van der Waals surface area contributed by atoms with Crippen molar-refractivity contribution in [2.24, 2.45) is 17.6 Å². The summed E-state index contributed by atoms with van der Waals surface area (Å²) in [7, 11) is 0. The van der Waals surface area contributed by atoms with Crippen molar-refractivity contribution in [3.8, 4) is 11.5 Å². The molecule has 3 atom stereocenters. The Labute approximate surface area is 183 Å². The Morgan fingerprint density at radius 3 is 2.47 bits per heavy atom. The van der Waals surface area contributed by atoms with Gasteiger partial charge >= 0.3 is 0 Å². The Morgan fingerprint density at radius 1 is 1.12 bits per heavy atom. The van der Waals surface area contributed by atoms with Gasteiger partial charge in [0.05, 0.1) is 12.5 Å². The van der Waals surface area contributed by atoms with Gasteiger partial charge in [-0.3, -0.25) is 15.0 Å². The van der Waals surface area contributed by atoms with Crippen molar-refractivity contribution >= 4 is 23.3 Å². The van der Waals surface area contributed by atoms with Crippen molar-refractivity contribution in [1.82, 2.24) is 5.48 Å². The number of carbonyl (C=O) groups is 2. The van der Waals surface area contributed by atoms with Crippen LogP contribution in [0.3, 0.4) is 0 Å². The van der Waals surface area contributed by atoms with E-state index in [1.165, 1.54) is 0 Å². The largest absolute Gasteiger partial charge is 0.446 e. The van der Waals surface area contributed by atoms with Crippen LogP contribution in [0.5, 0.6) is 11.5 Å². The summed E-state index contributed by atoms with van der Waals surface area (Å²) in [6, 6.07) is 13.8. The molecular weight excluding hydrogens is 416 g/mol. The van der Waals surface area contributed by atoms with Crippen molar-refractivity contribution in [2.75, 3.05) is 11.9 Å². The number of hydrogen-bond donors (Lipinski definition) is 4. The molecule has 0 saturated carbocycles. The van der Waals surface area contributed by atoms with Gasteiger partial charge in [-0.2, -0.15) is 0 Å². The fourth-order valence-electron chi connectivity index (χ4n) is 4.18. The Hall–Kier alpha value is -3.63. The number of benzene rings is 2. The van der Waals surface area contributed by atoms with Crippen LogP contribution < -0.4 is 26.0 Å². The van der Waals surface area contributed by atoms with Crippen LogP contribution in [0, 0.1) is 17.2 Å². The average molecular weight is 438 g/mol. The maximum Gasteiger partial charge on any atom is 0.297 e. The smallest absolute Gasteiger partial charge is 0.297 e. The Bertz CT molecular complexity index is 1050. The summed E-state index contributed by atoms with van der Waals surface area (Å²) >= 11 is 0. The van der Waals surface area contributed by atoms with Crippen LogP contribution in [0.2, 0.25) is 0 Å². The molecule has 0 aromatic heterocycles. The van der Waals surface area contributed by atoms with Crippen LogP contribution in [0.1, 0.15) is 18.4 Å². The van der Waals surface area contributed by atoms with Crippen molar-refractivity contribution in [3.05, 3.63) is 54.1 Å². The zero-order valence-electron chi connectivity index (χ0n) is 17.0. The monoisotopic (exact) mass is 438 g/mol. The number of para-hydroxylation sites is 2. The number of hydroxylamine groups is 1. The normalized spacial score (nSPS) is 26.7. The van der Waals surface area contributed by atoms with Crippen molar-refractivity contribution in [2.45, 2.75) is 24.9 Å². The number of hydrogen-bond acceptors (Lipinski definition) is 7. The third-order valence-corrected chi connectivity index (χ3v) is 5.88. The lowest BCUT2D eigenvalue weighted by Gasteiger charge is -2.33. The molecule has 3 aliphatic heterocycles. The van der Waals surface area contributed by atoms with E-state index in [4.69, 9.17) is 30.2 Å². The summed E-state index contributed by atoms with van der Waals surface area (Å²) in [5.74, 6) is -1.99. The number of amidine groups is 1. The van der Waals surface area contributed by atoms with Crippen LogP contribution >= 0.6 is 0 Å². The number of rotatable bonds is 4. The first-order chi connectivity index (χ1) is 15.4. The molecule has 32 heavy (non-hydrogen) atoms. The second-order valence-electron chi connectivity index (χ2n) is 8.02. The number of amides is 2. The lowest BCUT2D eigenvalue weighted by atomic mass is 9.85. The summed E-state index contributed by atoms with van der Waals surface area (Å²) in [6.45, 7) is 0.204. The minimum absolute atomic E-state index is 0.0475. The van der Waals surface area contributed by atoms with Crippen LogP contribution in [-0.2, 0) is 19.2 Å². The van der Waals surface area contributed by atoms with Gasteiger partial charge in [0.1, 0.15) is 5.84 Å². The topological polar surface area (TPSA) is 145 Å². The van der Waals surface area contributed by atoms with Crippen LogP contribution in [-0.4, -0.2) is 36.3 Å². The third-order valence-electron chi connectivity index (χ3n) is 5.88. The molecule has 0 spiro atoms. The molecule has 166 valence electrons. The molecule has 5 N–H and O–H groups in total. The van der Waals surface area contributed by atoms with Gasteiger partial charge in [-0.1, -0.05) is 12.1 Å². The summed E-state index contributed by atoms with van der Waals surface area (Å²) < 4.78 is 17.7. The number of carbonyl (C=O) groups excluding carboxylic acids is 2. The summed E-state index contributed by atoms with van der Waals surface area (Å²) in [6.07, 6.45) is -0.674. The molecule has 0 aliphatic carbocycles. The molecule has 0 radical (unpaired) electrons. The molecule has 5 rings (SSSR count). The van der Waals surface area contributed by atoms with E-state index in [9.17, 15) is 9.59 Å². The maximum absolute atomic E-state index is 13.1. The molecule has 2 unspecified atom stereocenters. The number of nitrogens with two attached hydrogens (primary N) is 1. The highest BCUT2D eigenvalue weighted by Gasteiger charge is 2.57. The van der Waals surface area contributed by atoms with E-state index in [-0.39, 0.29) is 30.7 Å². The Balaban J connectivity index is 1.33. The first-order valence-electron chi connectivity index (χ1n) is 10.2. The number of nitrogens with one attached hydrogen (secondary N) is 3. The first kappa shape index (κ1) is 20.3.